The number of rotatable bonds is 8. The van der Waals surface area contributed by atoms with E-state index in [9.17, 15) is 22.8 Å². The number of amides is 1. The smallest absolute Gasteiger partial charge is 0.416 e. The van der Waals surface area contributed by atoms with Crippen molar-refractivity contribution in [1.82, 2.24) is 5.32 Å². The molecule has 0 heterocycles. The second kappa shape index (κ2) is 8.55. The van der Waals surface area contributed by atoms with Gasteiger partial charge >= 0.3 is 12.1 Å². The van der Waals surface area contributed by atoms with Crippen LogP contribution in [0, 0.1) is 0 Å². The van der Waals surface area contributed by atoms with Crippen molar-refractivity contribution < 1.29 is 27.9 Å². The van der Waals surface area contributed by atoms with Gasteiger partial charge in [-0.2, -0.15) is 13.2 Å². The fourth-order valence-electron chi connectivity index (χ4n) is 2.24. The zero-order valence-corrected chi connectivity index (χ0v) is 12.8. The van der Waals surface area contributed by atoms with E-state index in [1.807, 2.05) is 0 Å². The Kier molecular flexibility index (Phi) is 7.06. The molecule has 0 aliphatic heterocycles. The van der Waals surface area contributed by atoms with E-state index in [0.717, 1.165) is 12.1 Å². The van der Waals surface area contributed by atoms with E-state index in [0.29, 0.717) is 31.4 Å². The van der Waals surface area contributed by atoms with Crippen molar-refractivity contribution in [2.45, 2.75) is 44.7 Å². The number of hydrogen-bond acceptors (Lipinski definition) is 2. The maximum Gasteiger partial charge on any atom is 0.416 e. The first-order valence-electron chi connectivity index (χ1n) is 7.42. The van der Waals surface area contributed by atoms with Crippen LogP contribution in [0.2, 0.25) is 0 Å². The SMILES string of the molecule is CCC(C(=O)NCCCCC(=O)O)c1cccc(C(F)(F)F)c1. The Morgan fingerprint density at radius 1 is 1.26 bits per heavy atom. The van der Waals surface area contributed by atoms with Gasteiger partial charge in [-0.05, 0) is 30.9 Å². The molecule has 1 rings (SSSR count). The molecule has 23 heavy (non-hydrogen) atoms. The molecule has 0 radical (unpaired) electrons. The van der Waals surface area contributed by atoms with Crippen molar-refractivity contribution in [3.63, 3.8) is 0 Å². The van der Waals surface area contributed by atoms with Crippen LogP contribution in [0.15, 0.2) is 24.3 Å². The molecule has 0 saturated carbocycles. The molecule has 1 amide bonds. The summed E-state index contributed by atoms with van der Waals surface area (Å²) in [7, 11) is 0. The molecule has 1 aromatic carbocycles. The van der Waals surface area contributed by atoms with Crippen LogP contribution in [0.25, 0.3) is 0 Å². The van der Waals surface area contributed by atoms with E-state index in [4.69, 9.17) is 5.11 Å². The maximum atomic E-state index is 12.7. The van der Waals surface area contributed by atoms with Crippen molar-refractivity contribution >= 4 is 11.9 Å². The lowest BCUT2D eigenvalue weighted by molar-refractivity contribution is -0.138. The van der Waals surface area contributed by atoms with Crippen LogP contribution in [0.5, 0.6) is 0 Å². The lowest BCUT2D eigenvalue weighted by Gasteiger charge is -2.17. The molecule has 2 N–H and O–H groups in total. The van der Waals surface area contributed by atoms with Crippen LogP contribution >= 0.6 is 0 Å². The maximum absolute atomic E-state index is 12.7. The number of unbranched alkanes of at least 4 members (excludes halogenated alkanes) is 1. The summed E-state index contributed by atoms with van der Waals surface area (Å²) in [6.45, 7) is 2.04. The Morgan fingerprint density at radius 3 is 2.52 bits per heavy atom. The van der Waals surface area contributed by atoms with Gasteiger partial charge in [-0.3, -0.25) is 9.59 Å². The largest absolute Gasteiger partial charge is 0.481 e. The number of carboxylic acids is 1. The van der Waals surface area contributed by atoms with E-state index in [2.05, 4.69) is 5.32 Å². The molecule has 0 spiro atoms. The summed E-state index contributed by atoms with van der Waals surface area (Å²) in [6.07, 6.45) is -3.09. The standard InChI is InChI=1S/C16H20F3NO3/c1-2-13(15(23)20-9-4-3-8-14(21)22)11-6-5-7-12(10-11)16(17,18)19/h5-7,10,13H,2-4,8-9H2,1H3,(H,20,23)(H,21,22). The minimum absolute atomic E-state index is 0.0285. The van der Waals surface area contributed by atoms with Crippen LogP contribution in [0.4, 0.5) is 13.2 Å². The molecule has 1 unspecified atom stereocenters. The molecular weight excluding hydrogens is 311 g/mol. The third kappa shape index (κ3) is 6.30. The highest BCUT2D eigenvalue weighted by Gasteiger charge is 2.31. The predicted octanol–water partition coefficient (Wildman–Crippen LogP) is 3.57. The highest BCUT2D eigenvalue weighted by Crippen LogP contribution is 2.31. The molecule has 0 aliphatic rings. The number of carbonyl (C=O) groups excluding carboxylic acids is 1. The summed E-state index contributed by atoms with van der Waals surface area (Å²) in [5, 5.41) is 11.2. The summed E-state index contributed by atoms with van der Waals surface area (Å²) < 4.78 is 38.2. The summed E-state index contributed by atoms with van der Waals surface area (Å²) in [6, 6.07) is 4.77. The number of hydrogen-bond donors (Lipinski definition) is 2. The van der Waals surface area contributed by atoms with Gasteiger partial charge < -0.3 is 10.4 Å². The van der Waals surface area contributed by atoms with Crippen molar-refractivity contribution in [2.24, 2.45) is 0 Å². The van der Waals surface area contributed by atoms with Gasteiger partial charge in [0.25, 0.3) is 0 Å². The van der Waals surface area contributed by atoms with Crippen molar-refractivity contribution in [3.05, 3.63) is 35.4 Å². The summed E-state index contributed by atoms with van der Waals surface area (Å²) in [5.74, 6) is -1.90. The van der Waals surface area contributed by atoms with Gasteiger partial charge in [0.15, 0.2) is 0 Å². The van der Waals surface area contributed by atoms with Crippen LogP contribution in [-0.2, 0) is 15.8 Å². The minimum Gasteiger partial charge on any atom is -0.481 e. The highest BCUT2D eigenvalue weighted by molar-refractivity contribution is 5.83. The normalized spacial score (nSPS) is 12.7. The quantitative estimate of drug-likeness (QED) is 0.716. The molecule has 7 heteroatoms. The summed E-state index contributed by atoms with van der Waals surface area (Å²) in [5.41, 5.74) is -0.451. The number of nitrogens with one attached hydrogen (secondary N) is 1. The molecule has 0 aliphatic carbocycles. The Morgan fingerprint density at radius 2 is 1.96 bits per heavy atom. The second-order valence-corrected chi connectivity index (χ2v) is 5.23. The Hall–Kier alpha value is -2.05. The van der Waals surface area contributed by atoms with Gasteiger partial charge in [-0.25, -0.2) is 0 Å². The fraction of sp³-hybridized carbons (Fsp3) is 0.500. The average Bonchev–Trinajstić information content (AvgIpc) is 2.47. The topological polar surface area (TPSA) is 66.4 Å². The van der Waals surface area contributed by atoms with Gasteiger partial charge in [0, 0.05) is 13.0 Å². The highest BCUT2D eigenvalue weighted by atomic mass is 19.4. The lowest BCUT2D eigenvalue weighted by atomic mass is 9.94. The molecule has 1 aromatic rings. The molecule has 0 bridgehead atoms. The van der Waals surface area contributed by atoms with E-state index < -0.39 is 23.6 Å². The molecule has 1 atom stereocenters. The first kappa shape index (κ1) is 19.0. The van der Waals surface area contributed by atoms with Crippen molar-refractivity contribution in [3.8, 4) is 0 Å². The third-order valence-electron chi connectivity index (χ3n) is 3.46. The van der Waals surface area contributed by atoms with E-state index in [-0.39, 0.29) is 12.3 Å². The number of carbonyl (C=O) groups is 2. The number of alkyl halides is 3. The van der Waals surface area contributed by atoms with Crippen LogP contribution in [0.1, 0.15) is 49.7 Å². The molecule has 4 nitrogen and oxygen atoms in total. The number of benzene rings is 1. The van der Waals surface area contributed by atoms with Gasteiger partial charge in [-0.1, -0.05) is 25.1 Å². The van der Waals surface area contributed by atoms with Gasteiger partial charge in [0.05, 0.1) is 11.5 Å². The van der Waals surface area contributed by atoms with Crippen LogP contribution < -0.4 is 5.32 Å². The molecular formula is C16H20F3NO3. The molecule has 0 fully saturated rings. The number of aliphatic carboxylic acids is 1. The zero-order valence-electron chi connectivity index (χ0n) is 12.8. The second-order valence-electron chi connectivity index (χ2n) is 5.23. The summed E-state index contributed by atoms with van der Waals surface area (Å²) >= 11 is 0. The first-order valence-corrected chi connectivity index (χ1v) is 7.42. The van der Waals surface area contributed by atoms with Crippen LogP contribution in [0.3, 0.4) is 0 Å². The molecule has 0 saturated heterocycles. The minimum atomic E-state index is -4.44. The zero-order chi connectivity index (χ0) is 17.5. The van der Waals surface area contributed by atoms with Gasteiger partial charge in [0.2, 0.25) is 5.91 Å². The van der Waals surface area contributed by atoms with Crippen molar-refractivity contribution in [1.29, 1.82) is 0 Å². The predicted molar refractivity (Wildman–Crippen MR) is 79.0 cm³/mol. The van der Waals surface area contributed by atoms with Crippen LogP contribution in [-0.4, -0.2) is 23.5 Å². The fourth-order valence-corrected chi connectivity index (χ4v) is 2.24. The van der Waals surface area contributed by atoms with Gasteiger partial charge in [-0.15, -0.1) is 0 Å². The molecule has 0 aromatic heterocycles. The Balaban J connectivity index is 2.65. The third-order valence-corrected chi connectivity index (χ3v) is 3.46. The summed E-state index contributed by atoms with van der Waals surface area (Å²) in [4.78, 5) is 22.5. The average molecular weight is 331 g/mol. The molecule has 128 valence electrons. The first-order chi connectivity index (χ1) is 10.8. The lowest BCUT2D eigenvalue weighted by Crippen LogP contribution is -2.30. The van der Waals surface area contributed by atoms with Gasteiger partial charge in [0.1, 0.15) is 0 Å². The Labute approximate surface area is 132 Å². The number of carboxylic acid groups (broad SMARTS) is 1. The van der Waals surface area contributed by atoms with E-state index in [1.165, 1.54) is 12.1 Å². The van der Waals surface area contributed by atoms with E-state index >= 15 is 0 Å². The van der Waals surface area contributed by atoms with E-state index in [1.54, 1.807) is 6.92 Å². The number of halogens is 3. The Bertz CT molecular complexity index is 544. The monoisotopic (exact) mass is 331 g/mol. The van der Waals surface area contributed by atoms with Crippen molar-refractivity contribution in [2.75, 3.05) is 6.54 Å².